The lowest BCUT2D eigenvalue weighted by Gasteiger charge is -2.21. The van der Waals surface area contributed by atoms with Crippen molar-refractivity contribution in [2.75, 3.05) is 7.11 Å². The van der Waals surface area contributed by atoms with E-state index >= 15 is 0 Å². The molecular weight excluding hydrogens is 418 g/mol. The summed E-state index contributed by atoms with van der Waals surface area (Å²) >= 11 is 12.6. The Bertz CT molecular complexity index is 1050. The lowest BCUT2D eigenvalue weighted by Crippen LogP contribution is -2.16. The van der Waals surface area contributed by atoms with Gasteiger partial charge in [0.05, 0.1) is 17.8 Å². The fraction of sp³-hybridized carbons (Fsp3) is 0.222. The molecule has 146 valence electrons. The third kappa shape index (κ3) is 3.11. The van der Waals surface area contributed by atoms with Gasteiger partial charge in [-0.25, -0.2) is 0 Å². The molecule has 0 saturated carbocycles. The van der Waals surface area contributed by atoms with Crippen LogP contribution in [0.2, 0.25) is 10.0 Å². The van der Waals surface area contributed by atoms with Crippen LogP contribution in [0.25, 0.3) is 5.69 Å². The second-order valence-corrected chi connectivity index (χ2v) is 6.85. The van der Waals surface area contributed by atoms with Crippen LogP contribution in [0.15, 0.2) is 36.4 Å². The van der Waals surface area contributed by atoms with E-state index in [2.05, 4.69) is 10.2 Å². The minimum atomic E-state index is -4.68. The van der Waals surface area contributed by atoms with Gasteiger partial charge in [-0.15, -0.1) is 10.2 Å². The number of aromatic nitrogens is 3. The van der Waals surface area contributed by atoms with Crippen molar-refractivity contribution in [2.45, 2.75) is 18.9 Å². The van der Waals surface area contributed by atoms with Crippen LogP contribution in [0.4, 0.5) is 13.2 Å². The van der Waals surface area contributed by atoms with Gasteiger partial charge in [-0.2, -0.15) is 13.2 Å². The van der Waals surface area contributed by atoms with E-state index in [1.165, 1.54) is 19.2 Å². The largest absolute Gasteiger partial charge is 0.495 e. The molecule has 0 saturated heterocycles. The average Bonchev–Trinajstić information content (AvgIpc) is 3.01. The molecule has 3 aromatic rings. The van der Waals surface area contributed by atoms with Crippen LogP contribution in [0.5, 0.6) is 5.75 Å². The summed E-state index contributed by atoms with van der Waals surface area (Å²) in [7, 11) is 1.47. The second kappa shape index (κ2) is 6.95. The van der Waals surface area contributed by atoms with Crippen molar-refractivity contribution < 1.29 is 22.6 Å². The molecule has 5 nitrogen and oxygen atoms in total. The van der Waals surface area contributed by atoms with Gasteiger partial charge in [0.1, 0.15) is 18.5 Å². The first kappa shape index (κ1) is 19.0. The molecule has 0 N–H and O–H groups in total. The van der Waals surface area contributed by atoms with Crippen LogP contribution in [-0.4, -0.2) is 21.9 Å². The molecule has 2 heterocycles. The van der Waals surface area contributed by atoms with Crippen LogP contribution in [0.3, 0.4) is 0 Å². The van der Waals surface area contributed by atoms with Gasteiger partial charge >= 0.3 is 6.18 Å². The Morgan fingerprint density at radius 2 is 1.93 bits per heavy atom. The summed E-state index contributed by atoms with van der Waals surface area (Å²) in [6.45, 7) is -0.201. The Balaban J connectivity index is 1.96. The van der Waals surface area contributed by atoms with Crippen molar-refractivity contribution in [3.05, 3.63) is 69.2 Å². The van der Waals surface area contributed by atoms with Gasteiger partial charge in [0, 0.05) is 16.1 Å². The fourth-order valence-corrected chi connectivity index (χ4v) is 3.66. The summed E-state index contributed by atoms with van der Waals surface area (Å²) in [5.41, 5.74) is 1.17. The molecule has 0 amide bonds. The molecule has 1 aliphatic rings. The maximum absolute atomic E-state index is 13.5. The third-order valence-corrected chi connectivity index (χ3v) is 5.01. The number of alkyl halides is 3. The molecule has 0 radical (unpaired) electrons. The van der Waals surface area contributed by atoms with E-state index in [4.69, 9.17) is 32.7 Å². The van der Waals surface area contributed by atoms with Gasteiger partial charge in [-0.3, -0.25) is 4.57 Å². The highest BCUT2D eigenvalue weighted by atomic mass is 35.5. The molecule has 2 aromatic carbocycles. The highest BCUT2D eigenvalue weighted by molar-refractivity contribution is 6.33. The molecule has 4 rings (SSSR count). The van der Waals surface area contributed by atoms with Crippen LogP contribution in [0.1, 0.15) is 28.9 Å². The monoisotopic (exact) mass is 429 g/mol. The maximum Gasteiger partial charge on any atom is 0.452 e. The van der Waals surface area contributed by atoms with Crippen LogP contribution in [0, 0.1) is 0 Å². The zero-order chi connectivity index (χ0) is 20.1. The number of halogens is 5. The summed E-state index contributed by atoms with van der Waals surface area (Å²) < 4.78 is 52.5. The highest BCUT2D eigenvalue weighted by Gasteiger charge is 2.41. The lowest BCUT2D eigenvalue weighted by molar-refractivity contribution is -0.146. The summed E-state index contributed by atoms with van der Waals surface area (Å²) in [4.78, 5) is 0. The zero-order valence-electron chi connectivity index (χ0n) is 14.3. The maximum atomic E-state index is 13.5. The van der Waals surface area contributed by atoms with Gasteiger partial charge in [-0.1, -0.05) is 35.3 Å². The minimum Gasteiger partial charge on any atom is -0.495 e. The predicted octanol–water partition coefficient (Wildman–Crippen LogP) is 5.22. The Kier molecular flexibility index (Phi) is 4.73. The number of methoxy groups -OCH3 is 1. The van der Waals surface area contributed by atoms with Crippen molar-refractivity contribution in [3.63, 3.8) is 0 Å². The molecule has 0 aliphatic carbocycles. The lowest BCUT2D eigenvalue weighted by atomic mass is 9.99. The Morgan fingerprint density at radius 3 is 2.64 bits per heavy atom. The topological polar surface area (TPSA) is 49.2 Å². The molecule has 1 aliphatic heterocycles. The summed E-state index contributed by atoms with van der Waals surface area (Å²) in [6, 6.07) is 9.65. The quantitative estimate of drug-likeness (QED) is 0.560. The van der Waals surface area contributed by atoms with Crippen LogP contribution >= 0.6 is 23.2 Å². The van der Waals surface area contributed by atoms with Crippen LogP contribution < -0.4 is 4.74 Å². The predicted molar refractivity (Wildman–Crippen MR) is 96.0 cm³/mol. The molecule has 1 aromatic heterocycles. The summed E-state index contributed by atoms with van der Waals surface area (Å²) in [5.74, 6) is -0.685. The van der Waals surface area contributed by atoms with Gasteiger partial charge in [0.15, 0.2) is 5.82 Å². The van der Waals surface area contributed by atoms with Crippen molar-refractivity contribution in [2.24, 2.45) is 0 Å². The first-order valence-electron chi connectivity index (χ1n) is 8.06. The smallest absolute Gasteiger partial charge is 0.452 e. The average molecular weight is 430 g/mol. The number of benzene rings is 2. The van der Waals surface area contributed by atoms with Gasteiger partial charge in [-0.05, 0) is 24.3 Å². The van der Waals surface area contributed by atoms with E-state index in [9.17, 15) is 13.2 Å². The van der Waals surface area contributed by atoms with E-state index < -0.39 is 18.1 Å². The molecule has 10 heteroatoms. The number of hydrogen-bond donors (Lipinski definition) is 0. The Labute approximate surface area is 167 Å². The molecule has 28 heavy (non-hydrogen) atoms. The Morgan fingerprint density at radius 1 is 1.14 bits per heavy atom. The van der Waals surface area contributed by atoms with Crippen molar-refractivity contribution >= 4 is 23.2 Å². The van der Waals surface area contributed by atoms with Crippen molar-refractivity contribution in [3.8, 4) is 11.4 Å². The SMILES string of the molecule is COc1cccc([C@H]2OCc3nnc(C(F)(F)F)n3-c3ccc(Cl)cc32)c1Cl. The first-order valence-corrected chi connectivity index (χ1v) is 8.82. The van der Waals surface area contributed by atoms with E-state index in [-0.39, 0.29) is 18.1 Å². The van der Waals surface area contributed by atoms with E-state index in [0.717, 1.165) is 4.57 Å². The van der Waals surface area contributed by atoms with E-state index in [0.29, 0.717) is 26.9 Å². The molecule has 1 atom stereocenters. The van der Waals surface area contributed by atoms with E-state index in [1.807, 2.05) is 0 Å². The molecule has 0 unspecified atom stereocenters. The van der Waals surface area contributed by atoms with Crippen molar-refractivity contribution in [1.29, 1.82) is 0 Å². The summed E-state index contributed by atoms with van der Waals surface area (Å²) in [5, 5.41) is 7.61. The van der Waals surface area contributed by atoms with Crippen LogP contribution in [-0.2, 0) is 17.5 Å². The van der Waals surface area contributed by atoms with Gasteiger partial charge in [0.25, 0.3) is 0 Å². The van der Waals surface area contributed by atoms with Gasteiger partial charge in [0.2, 0.25) is 5.82 Å². The van der Waals surface area contributed by atoms with Crippen molar-refractivity contribution in [1.82, 2.24) is 14.8 Å². The standard InChI is InChI=1S/C18H12Cl2F3N3O2/c1-27-13-4-2-3-10(15(13)20)16-11-7-9(19)5-6-12(11)26-14(8-28-16)24-25-17(26)18(21,22)23/h2-7,16H,8H2,1H3/t16-/m1/s1. The third-order valence-electron chi connectivity index (χ3n) is 4.37. The van der Waals surface area contributed by atoms with E-state index in [1.54, 1.807) is 24.3 Å². The first-order chi connectivity index (χ1) is 13.3. The fourth-order valence-electron chi connectivity index (χ4n) is 3.18. The summed E-state index contributed by atoms with van der Waals surface area (Å²) in [6.07, 6.45) is -5.46. The zero-order valence-corrected chi connectivity index (χ0v) is 15.8. The number of ether oxygens (including phenoxy) is 2. The molecule has 0 spiro atoms. The number of nitrogens with zero attached hydrogens (tertiary/aromatic N) is 3. The molecule has 0 fully saturated rings. The number of fused-ring (bicyclic) bond motifs is 3. The van der Waals surface area contributed by atoms with Gasteiger partial charge < -0.3 is 9.47 Å². The number of hydrogen-bond acceptors (Lipinski definition) is 4. The second-order valence-electron chi connectivity index (χ2n) is 6.03. The Hall–Kier alpha value is -2.29. The molecular formula is C18H12Cl2F3N3O2. The normalized spacial score (nSPS) is 16.3. The molecule has 0 bridgehead atoms. The number of rotatable bonds is 2. The highest BCUT2D eigenvalue weighted by Crippen LogP contribution is 2.42. The minimum absolute atomic E-state index is 0.0254.